The molecule has 0 saturated heterocycles. The van der Waals surface area contributed by atoms with E-state index < -0.39 is 0 Å². The van der Waals surface area contributed by atoms with Gasteiger partial charge in [-0.1, -0.05) is 47.6 Å². The molecule has 7 nitrogen and oxygen atoms in total. The number of urea groups is 1. The second kappa shape index (κ2) is 7.21. The largest absolute Gasteiger partial charge is 0.361 e. The van der Waals surface area contributed by atoms with Crippen LogP contribution < -0.4 is 10.6 Å². The molecule has 1 atom stereocenters. The topological polar surface area (TPSA) is 93.2 Å². The minimum absolute atomic E-state index is 0.0918. The first kappa shape index (κ1) is 16.8. The number of rotatable bonds is 5. The lowest BCUT2D eigenvalue weighted by atomic mass is 10.00. The molecule has 0 aliphatic carbocycles. The number of hydrogen-bond donors (Lipinski definition) is 2. The highest BCUT2D eigenvalue weighted by molar-refractivity contribution is 5.88. The van der Waals surface area contributed by atoms with Crippen molar-refractivity contribution >= 4 is 11.8 Å². The van der Waals surface area contributed by atoms with Gasteiger partial charge in [-0.15, -0.1) is 0 Å². The molecule has 25 heavy (non-hydrogen) atoms. The molecule has 3 rings (SSSR count). The molecule has 0 spiro atoms. The Hall–Kier alpha value is -3.09. The zero-order chi connectivity index (χ0) is 17.8. The summed E-state index contributed by atoms with van der Waals surface area (Å²) in [6.07, 6.45) is 0. The van der Waals surface area contributed by atoms with Crippen LogP contribution in [0.15, 0.2) is 45.4 Å². The van der Waals surface area contributed by atoms with Crippen LogP contribution in [0.5, 0.6) is 0 Å². The first-order chi connectivity index (χ1) is 12.0. The average Bonchev–Trinajstić information content (AvgIpc) is 3.20. The molecule has 0 aliphatic heterocycles. The van der Waals surface area contributed by atoms with Crippen LogP contribution in [0.1, 0.15) is 29.9 Å². The summed E-state index contributed by atoms with van der Waals surface area (Å²) in [7, 11) is 0. The lowest BCUT2D eigenvalue weighted by molar-refractivity contribution is 0.251. The second-order valence-electron chi connectivity index (χ2n) is 5.92. The zero-order valence-electron chi connectivity index (χ0n) is 14.4. The fourth-order valence-electron chi connectivity index (χ4n) is 2.77. The first-order valence-corrected chi connectivity index (χ1v) is 8.04. The minimum Gasteiger partial charge on any atom is -0.361 e. The molecule has 2 aromatic heterocycles. The molecule has 3 aromatic rings. The Morgan fingerprint density at radius 1 is 1.16 bits per heavy atom. The molecule has 0 aliphatic rings. The third kappa shape index (κ3) is 3.88. The molecular formula is C18H20N4O3. The molecule has 7 heteroatoms. The Labute approximate surface area is 145 Å². The number of aromatic nitrogens is 2. The summed E-state index contributed by atoms with van der Waals surface area (Å²) in [4.78, 5) is 12.1. The first-order valence-electron chi connectivity index (χ1n) is 8.04. The molecule has 0 radical (unpaired) electrons. The van der Waals surface area contributed by atoms with E-state index in [1.807, 2.05) is 51.1 Å². The highest BCUT2D eigenvalue weighted by Crippen LogP contribution is 2.23. The SMILES string of the molecule is Cc1noc(C)c1[C@H](C)CNC(=O)Nc1cc(-c2ccccc2)on1. The van der Waals surface area contributed by atoms with Gasteiger partial charge in [0.25, 0.3) is 0 Å². The van der Waals surface area contributed by atoms with Gasteiger partial charge in [-0.25, -0.2) is 4.79 Å². The Bertz CT molecular complexity index is 835. The number of nitrogens with one attached hydrogen (secondary N) is 2. The number of amides is 2. The number of hydrogen-bond acceptors (Lipinski definition) is 5. The Kier molecular flexibility index (Phi) is 4.83. The molecule has 1 aromatic carbocycles. The van der Waals surface area contributed by atoms with Gasteiger partial charge in [0.15, 0.2) is 11.6 Å². The molecule has 0 saturated carbocycles. The maximum Gasteiger partial charge on any atom is 0.320 e. The van der Waals surface area contributed by atoms with Crippen LogP contribution >= 0.6 is 0 Å². The highest BCUT2D eigenvalue weighted by atomic mass is 16.5. The quantitative estimate of drug-likeness (QED) is 0.735. The van der Waals surface area contributed by atoms with Gasteiger partial charge in [-0.3, -0.25) is 5.32 Å². The van der Waals surface area contributed by atoms with E-state index in [9.17, 15) is 4.79 Å². The van der Waals surface area contributed by atoms with E-state index in [1.54, 1.807) is 6.07 Å². The Morgan fingerprint density at radius 3 is 2.60 bits per heavy atom. The highest BCUT2D eigenvalue weighted by Gasteiger charge is 2.17. The van der Waals surface area contributed by atoms with Crippen molar-refractivity contribution < 1.29 is 13.8 Å². The number of carbonyl (C=O) groups excluding carboxylic acids is 1. The second-order valence-corrected chi connectivity index (χ2v) is 5.92. The monoisotopic (exact) mass is 340 g/mol. The van der Waals surface area contributed by atoms with Crippen LogP contribution in [0.25, 0.3) is 11.3 Å². The number of nitrogens with zero attached hydrogens (tertiary/aromatic N) is 2. The van der Waals surface area contributed by atoms with E-state index in [1.165, 1.54) is 0 Å². The van der Waals surface area contributed by atoms with E-state index in [0.717, 1.165) is 22.6 Å². The van der Waals surface area contributed by atoms with Crippen molar-refractivity contribution in [1.29, 1.82) is 0 Å². The van der Waals surface area contributed by atoms with Crippen molar-refractivity contribution in [2.75, 3.05) is 11.9 Å². The summed E-state index contributed by atoms with van der Waals surface area (Å²) >= 11 is 0. The predicted molar refractivity (Wildman–Crippen MR) is 93.4 cm³/mol. The number of carbonyl (C=O) groups is 1. The molecule has 130 valence electrons. The normalized spacial score (nSPS) is 12.0. The standard InChI is InChI=1S/C18H20N4O3/c1-11(17-12(2)21-24-13(17)3)10-19-18(23)20-16-9-15(25-22-16)14-7-5-4-6-8-14/h4-9,11H,10H2,1-3H3,(H2,19,20,22,23)/t11-/m1/s1. The lowest BCUT2D eigenvalue weighted by Gasteiger charge is -2.12. The van der Waals surface area contributed by atoms with Gasteiger partial charge in [-0.2, -0.15) is 0 Å². The van der Waals surface area contributed by atoms with Crippen LogP contribution in [0.2, 0.25) is 0 Å². The third-order valence-corrected chi connectivity index (χ3v) is 3.96. The van der Waals surface area contributed by atoms with E-state index in [0.29, 0.717) is 18.1 Å². The van der Waals surface area contributed by atoms with Gasteiger partial charge >= 0.3 is 6.03 Å². The predicted octanol–water partition coefficient (Wildman–Crippen LogP) is 3.87. The van der Waals surface area contributed by atoms with Crippen LogP contribution in [0.3, 0.4) is 0 Å². The van der Waals surface area contributed by atoms with Gasteiger partial charge < -0.3 is 14.4 Å². The van der Waals surface area contributed by atoms with Gasteiger partial charge in [0.05, 0.1) is 5.69 Å². The van der Waals surface area contributed by atoms with Crippen LogP contribution in [-0.2, 0) is 0 Å². The van der Waals surface area contributed by atoms with Crippen molar-refractivity contribution in [2.45, 2.75) is 26.7 Å². The third-order valence-electron chi connectivity index (χ3n) is 3.96. The molecule has 0 bridgehead atoms. The maximum absolute atomic E-state index is 12.1. The van der Waals surface area contributed by atoms with Gasteiger partial charge in [-0.05, 0) is 13.8 Å². The smallest absolute Gasteiger partial charge is 0.320 e. The number of benzene rings is 1. The van der Waals surface area contributed by atoms with Crippen molar-refractivity contribution in [1.82, 2.24) is 15.6 Å². The molecule has 0 fully saturated rings. The maximum atomic E-state index is 12.1. The van der Waals surface area contributed by atoms with E-state index >= 15 is 0 Å². The molecule has 2 N–H and O–H groups in total. The van der Waals surface area contributed by atoms with Crippen molar-refractivity contribution in [3.8, 4) is 11.3 Å². The Morgan fingerprint density at radius 2 is 1.92 bits per heavy atom. The van der Waals surface area contributed by atoms with Gasteiger partial charge in [0.2, 0.25) is 0 Å². The average molecular weight is 340 g/mol. The number of aryl methyl sites for hydroxylation is 2. The summed E-state index contributed by atoms with van der Waals surface area (Å²) in [5.41, 5.74) is 2.76. The van der Waals surface area contributed by atoms with Gasteiger partial charge in [0.1, 0.15) is 5.76 Å². The zero-order valence-corrected chi connectivity index (χ0v) is 14.4. The fraction of sp³-hybridized carbons (Fsp3) is 0.278. The van der Waals surface area contributed by atoms with E-state index in [2.05, 4.69) is 20.9 Å². The molecule has 2 heterocycles. The molecular weight excluding hydrogens is 320 g/mol. The summed E-state index contributed by atoms with van der Waals surface area (Å²) < 4.78 is 10.4. The van der Waals surface area contributed by atoms with E-state index in [4.69, 9.17) is 9.05 Å². The molecule has 2 amide bonds. The van der Waals surface area contributed by atoms with E-state index in [-0.39, 0.29) is 11.9 Å². The van der Waals surface area contributed by atoms with Crippen LogP contribution in [0.4, 0.5) is 10.6 Å². The number of anilines is 1. The van der Waals surface area contributed by atoms with Crippen molar-refractivity contribution in [3.63, 3.8) is 0 Å². The van der Waals surface area contributed by atoms with Crippen molar-refractivity contribution in [2.24, 2.45) is 0 Å². The lowest BCUT2D eigenvalue weighted by Crippen LogP contribution is -2.32. The van der Waals surface area contributed by atoms with Gasteiger partial charge in [0, 0.05) is 29.7 Å². The van der Waals surface area contributed by atoms with Crippen LogP contribution in [-0.4, -0.2) is 22.9 Å². The summed E-state index contributed by atoms with van der Waals surface area (Å²) in [6, 6.07) is 10.9. The summed E-state index contributed by atoms with van der Waals surface area (Å²) in [5.74, 6) is 1.83. The summed E-state index contributed by atoms with van der Waals surface area (Å²) in [6.45, 7) is 6.23. The Balaban J connectivity index is 1.56. The van der Waals surface area contributed by atoms with Crippen molar-refractivity contribution in [3.05, 3.63) is 53.4 Å². The fourth-order valence-corrected chi connectivity index (χ4v) is 2.77. The summed E-state index contributed by atoms with van der Waals surface area (Å²) in [5, 5.41) is 13.3. The minimum atomic E-state index is -0.341. The molecule has 0 unspecified atom stereocenters. The van der Waals surface area contributed by atoms with Crippen LogP contribution in [0, 0.1) is 13.8 Å².